The van der Waals surface area contributed by atoms with Gasteiger partial charge in [0.15, 0.2) is 5.78 Å². The molecule has 3 aromatic rings. The molecule has 7 nitrogen and oxygen atoms in total. The van der Waals surface area contributed by atoms with Crippen LogP contribution in [-0.2, 0) is 16.0 Å². The van der Waals surface area contributed by atoms with Gasteiger partial charge in [0.25, 0.3) is 0 Å². The van der Waals surface area contributed by atoms with Gasteiger partial charge in [0.1, 0.15) is 16.4 Å². The van der Waals surface area contributed by atoms with Crippen molar-refractivity contribution in [2.45, 2.75) is 20.3 Å². The van der Waals surface area contributed by atoms with Crippen LogP contribution < -0.4 is 5.43 Å². The van der Waals surface area contributed by atoms with Gasteiger partial charge in [-0.15, -0.1) is 11.3 Å². The third-order valence-electron chi connectivity index (χ3n) is 3.45. The number of H-pyrrole nitrogens is 1. The van der Waals surface area contributed by atoms with E-state index in [1.54, 1.807) is 13.1 Å². The monoisotopic (exact) mass is 341 g/mol. The summed E-state index contributed by atoms with van der Waals surface area (Å²) in [5.41, 5.74) is 5.17. The zero-order valence-corrected chi connectivity index (χ0v) is 14.0. The summed E-state index contributed by atoms with van der Waals surface area (Å²) < 4.78 is 0. The van der Waals surface area contributed by atoms with Crippen LogP contribution in [0.1, 0.15) is 18.9 Å². The van der Waals surface area contributed by atoms with Crippen LogP contribution in [0.2, 0.25) is 0 Å². The molecule has 0 spiro atoms. The van der Waals surface area contributed by atoms with Crippen molar-refractivity contribution in [1.82, 2.24) is 20.4 Å². The third-order valence-corrected chi connectivity index (χ3v) is 4.30. The van der Waals surface area contributed by atoms with E-state index in [-0.39, 0.29) is 23.8 Å². The Kier molecular flexibility index (Phi) is 4.48. The summed E-state index contributed by atoms with van der Waals surface area (Å²) in [5, 5.41) is 7.32. The number of hydrazone groups is 1. The second-order valence-electron chi connectivity index (χ2n) is 5.19. The molecule has 3 heterocycles. The van der Waals surface area contributed by atoms with Crippen LogP contribution in [0.15, 0.2) is 35.0 Å². The number of pyridine rings is 1. The maximum Gasteiger partial charge on any atom is 0.246 e. The fourth-order valence-corrected chi connectivity index (χ4v) is 2.88. The molecule has 122 valence electrons. The molecule has 3 aromatic heterocycles. The zero-order chi connectivity index (χ0) is 17.1. The van der Waals surface area contributed by atoms with E-state index >= 15 is 0 Å². The van der Waals surface area contributed by atoms with Gasteiger partial charge in [-0.25, -0.2) is 15.4 Å². The Hall–Kier alpha value is -2.87. The van der Waals surface area contributed by atoms with Crippen LogP contribution in [0.25, 0.3) is 22.3 Å². The van der Waals surface area contributed by atoms with Gasteiger partial charge in [0, 0.05) is 35.6 Å². The van der Waals surface area contributed by atoms with Crippen molar-refractivity contribution in [3.05, 3.63) is 34.9 Å². The topological polar surface area (TPSA) is 100 Å². The number of thiazole rings is 1. The Labute approximate surface area is 141 Å². The highest BCUT2D eigenvalue weighted by Gasteiger charge is 2.12. The number of aromatic amines is 1. The average Bonchev–Trinajstić information content (AvgIpc) is 3.18. The van der Waals surface area contributed by atoms with Crippen molar-refractivity contribution in [3.63, 3.8) is 0 Å². The van der Waals surface area contributed by atoms with Crippen LogP contribution in [0, 0.1) is 0 Å². The molecule has 8 heteroatoms. The third kappa shape index (κ3) is 3.38. The molecule has 3 rings (SSSR count). The molecule has 1 amide bonds. The van der Waals surface area contributed by atoms with E-state index in [1.807, 2.05) is 23.7 Å². The van der Waals surface area contributed by atoms with Crippen molar-refractivity contribution in [1.29, 1.82) is 0 Å². The smallest absolute Gasteiger partial charge is 0.246 e. The van der Waals surface area contributed by atoms with E-state index in [0.29, 0.717) is 5.01 Å². The van der Waals surface area contributed by atoms with Gasteiger partial charge in [0.2, 0.25) is 5.91 Å². The summed E-state index contributed by atoms with van der Waals surface area (Å²) in [5.74, 6) is -0.489. The maximum atomic E-state index is 11.9. The van der Waals surface area contributed by atoms with E-state index in [2.05, 4.69) is 25.5 Å². The summed E-state index contributed by atoms with van der Waals surface area (Å²) in [6.07, 6.45) is 3.69. The molecule has 0 aromatic carbocycles. The highest BCUT2D eigenvalue weighted by atomic mass is 32.1. The number of hydrogen-bond donors (Lipinski definition) is 2. The molecule has 0 radical (unpaired) electrons. The van der Waals surface area contributed by atoms with E-state index in [4.69, 9.17) is 0 Å². The number of nitrogens with one attached hydrogen (secondary N) is 2. The van der Waals surface area contributed by atoms with E-state index in [1.165, 1.54) is 18.3 Å². The van der Waals surface area contributed by atoms with Gasteiger partial charge >= 0.3 is 0 Å². The van der Waals surface area contributed by atoms with Crippen molar-refractivity contribution in [3.8, 4) is 11.3 Å². The molecule has 0 saturated heterocycles. The number of Topliss-reactive ketones (excluding diaryl/α,β-unsaturated/α-hetero) is 1. The van der Waals surface area contributed by atoms with E-state index in [0.717, 1.165) is 22.3 Å². The Morgan fingerprint density at radius 2 is 2.21 bits per heavy atom. The minimum Gasteiger partial charge on any atom is -0.345 e. The fraction of sp³-hybridized carbons (Fsp3) is 0.188. The van der Waals surface area contributed by atoms with Crippen LogP contribution in [0.3, 0.4) is 0 Å². The lowest BCUT2D eigenvalue weighted by Gasteiger charge is -1.98. The molecule has 0 unspecified atom stereocenters. The number of fused-ring (bicyclic) bond motifs is 1. The Bertz CT molecular complexity index is 941. The first-order valence-corrected chi connectivity index (χ1v) is 8.13. The Morgan fingerprint density at radius 3 is 3.00 bits per heavy atom. The van der Waals surface area contributed by atoms with Crippen LogP contribution >= 0.6 is 11.3 Å². The predicted molar refractivity (Wildman–Crippen MR) is 92.8 cm³/mol. The van der Waals surface area contributed by atoms with Crippen LogP contribution in [0.4, 0.5) is 0 Å². The Morgan fingerprint density at radius 1 is 1.38 bits per heavy atom. The molecule has 0 aliphatic heterocycles. The molecule has 24 heavy (non-hydrogen) atoms. The number of rotatable bonds is 5. The van der Waals surface area contributed by atoms with Crippen molar-refractivity contribution in [2.75, 3.05) is 0 Å². The van der Waals surface area contributed by atoms with Gasteiger partial charge in [-0.3, -0.25) is 9.59 Å². The summed E-state index contributed by atoms with van der Waals surface area (Å²) >= 11 is 1.40. The van der Waals surface area contributed by atoms with Gasteiger partial charge in [-0.2, -0.15) is 5.10 Å². The molecule has 0 saturated carbocycles. The summed E-state index contributed by atoms with van der Waals surface area (Å²) in [7, 11) is 0. The fourth-order valence-electron chi connectivity index (χ4n) is 2.09. The molecule has 0 fully saturated rings. The number of ketones is 1. The molecule has 0 bridgehead atoms. The number of carbonyl (C=O) groups is 2. The van der Waals surface area contributed by atoms with Crippen molar-refractivity contribution >= 4 is 39.8 Å². The van der Waals surface area contributed by atoms with Gasteiger partial charge in [0.05, 0.1) is 12.1 Å². The maximum absolute atomic E-state index is 11.9. The van der Waals surface area contributed by atoms with E-state index < -0.39 is 0 Å². The summed E-state index contributed by atoms with van der Waals surface area (Å²) in [6, 6.07) is 3.84. The predicted octanol–water partition coefficient (Wildman–Crippen LogP) is 2.31. The van der Waals surface area contributed by atoms with Gasteiger partial charge < -0.3 is 4.98 Å². The van der Waals surface area contributed by atoms with Gasteiger partial charge in [-0.05, 0) is 19.1 Å². The van der Waals surface area contributed by atoms with Crippen LogP contribution in [-0.4, -0.2) is 32.4 Å². The largest absolute Gasteiger partial charge is 0.345 e. The van der Waals surface area contributed by atoms with Gasteiger partial charge in [-0.1, -0.05) is 0 Å². The first-order valence-electron chi connectivity index (χ1n) is 7.25. The molecular weight excluding hydrogens is 326 g/mol. The standard InChI is InChI=1S/C16H15N5O2S/c1-9(10(2)22)20-21-14(23)6-15-19-13(8-24-15)12-7-18-16-11(12)4-3-5-17-16/h3-5,7-8H,6H2,1-2H3,(H,17,18)(H,21,23)/b20-9-. The lowest BCUT2D eigenvalue weighted by Crippen LogP contribution is -2.22. The minimum absolute atomic E-state index is 0.111. The number of hydrogen-bond acceptors (Lipinski definition) is 6. The van der Waals surface area contributed by atoms with Crippen LogP contribution in [0.5, 0.6) is 0 Å². The number of carbonyl (C=O) groups excluding carboxylic acids is 2. The Balaban J connectivity index is 1.73. The SMILES string of the molecule is CC(=O)/C(C)=N\NC(=O)Cc1nc(-c2c[nH]c3ncccc23)cs1. The molecule has 0 atom stereocenters. The molecule has 0 aliphatic rings. The summed E-state index contributed by atoms with van der Waals surface area (Å²) in [6.45, 7) is 2.95. The first-order chi connectivity index (χ1) is 11.5. The lowest BCUT2D eigenvalue weighted by atomic mass is 10.2. The average molecular weight is 341 g/mol. The normalized spacial score (nSPS) is 11.7. The molecule has 2 N–H and O–H groups in total. The first kappa shape index (κ1) is 16.0. The molecular formula is C16H15N5O2S. The van der Waals surface area contributed by atoms with Crippen molar-refractivity contribution < 1.29 is 9.59 Å². The molecule has 0 aliphatic carbocycles. The highest BCUT2D eigenvalue weighted by molar-refractivity contribution is 7.10. The number of aromatic nitrogens is 3. The second kappa shape index (κ2) is 6.71. The summed E-state index contributed by atoms with van der Waals surface area (Å²) in [4.78, 5) is 34.8. The quantitative estimate of drug-likeness (QED) is 0.549. The van der Waals surface area contributed by atoms with Crippen molar-refractivity contribution in [2.24, 2.45) is 5.10 Å². The zero-order valence-electron chi connectivity index (χ0n) is 13.2. The number of nitrogens with zero attached hydrogens (tertiary/aromatic N) is 3. The number of amides is 1. The van der Waals surface area contributed by atoms with E-state index in [9.17, 15) is 9.59 Å². The minimum atomic E-state index is -0.308. The lowest BCUT2D eigenvalue weighted by molar-refractivity contribution is -0.120. The highest BCUT2D eigenvalue weighted by Crippen LogP contribution is 2.28. The second-order valence-corrected chi connectivity index (χ2v) is 6.14.